The van der Waals surface area contributed by atoms with Crippen molar-refractivity contribution < 1.29 is 4.79 Å². The summed E-state index contributed by atoms with van der Waals surface area (Å²) in [4.78, 5) is 14.8. The first-order valence-corrected chi connectivity index (χ1v) is 8.29. The summed E-state index contributed by atoms with van der Waals surface area (Å²) < 4.78 is 0. The third-order valence-electron chi connectivity index (χ3n) is 4.56. The number of rotatable bonds is 7. The Kier molecular flexibility index (Phi) is 5.66. The topological polar surface area (TPSA) is 32.3 Å². The first-order valence-electron chi connectivity index (χ1n) is 8.29. The van der Waals surface area contributed by atoms with Crippen LogP contribution < -0.4 is 5.32 Å². The molecule has 0 radical (unpaired) electrons. The van der Waals surface area contributed by atoms with Crippen molar-refractivity contribution in [2.75, 3.05) is 18.4 Å². The van der Waals surface area contributed by atoms with E-state index in [0.717, 1.165) is 32.4 Å². The molecule has 1 amide bonds. The fourth-order valence-electron chi connectivity index (χ4n) is 3.01. The number of anilines is 1. The Morgan fingerprint density at radius 1 is 1.38 bits per heavy atom. The number of carbonyl (C=O) groups is 1. The Balaban J connectivity index is 2.02. The van der Waals surface area contributed by atoms with Crippen LogP contribution in [0.3, 0.4) is 0 Å². The van der Waals surface area contributed by atoms with Crippen molar-refractivity contribution >= 4 is 11.6 Å². The lowest BCUT2D eigenvalue weighted by Crippen LogP contribution is -2.39. The van der Waals surface area contributed by atoms with E-state index in [2.05, 4.69) is 49.2 Å². The van der Waals surface area contributed by atoms with Gasteiger partial charge in [0.05, 0.1) is 0 Å². The summed E-state index contributed by atoms with van der Waals surface area (Å²) in [5.41, 5.74) is 2.49. The number of nitrogens with one attached hydrogen (secondary N) is 1. The van der Waals surface area contributed by atoms with Gasteiger partial charge in [-0.1, -0.05) is 38.5 Å². The highest BCUT2D eigenvalue weighted by Gasteiger charge is 2.27. The minimum atomic E-state index is 0.307. The molecule has 1 aliphatic rings. The Bertz CT molecular complexity index is 472. The third-order valence-corrected chi connectivity index (χ3v) is 4.56. The lowest BCUT2D eigenvalue weighted by Gasteiger charge is -2.29. The second-order valence-corrected chi connectivity index (χ2v) is 6.07. The third kappa shape index (κ3) is 3.78. The number of amides is 1. The minimum Gasteiger partial charge on any atom is -0.384 e. The normalized spacial score (nSPS) is 18.0. The number of unbranched alkanes of at least 4 members (excludes halogenated alkanes) is 1. The summed E-state index contributed by atoms with van der Waals surface area (Å²) in [7, 11) is 0. The SMILES string of the molecule is CCCCN(C(=O)CC1CNc2ccccc21)C(C)CC. The van der Waals surface area contributed by atoms with Crippen molar-refractivity contribution in [3.63, 3.8) is 0 Å². The van der Waals surface area contributed by atoms with Gasteiger partial charge in [-0.05, 0) is 31.4 Å². The summed E-state index contributed by atoms with van der Waals surface area (Å²) in [5, 5.41) is 3.41. The molecule has 1 aromatic rings. The van der Waals surface area contributed by atoms with E-state index in [0.29, 0.717) is 24.3 Å². The van der Waals surface area contributed by atoms with Gasteiger partial charge in [0.15, 0.2) is 0 Å². The molecule has 0 bridgehead atoms. The van der Waals surface area contributed by atoms with Gasteiger partial charge in [0, 0.05) is 37.2 Å². The van der Waals surface area contributed by atoms with Crippen molar-refractivity contribution in [3.8, 4) is 0 Å². The Morgan fingerprint density at radius 3 is 2.86 bits per heavy atom. The van der Waals surface area contributed by atoms with Crippen LogP contribution in [0.5, 0.6) is 0 Å². The second-order valence-electron chi connectivity index (χ2n) is 6.07. The van der Waals surface area contributed by atoms with Gasteiger partial charge in [-0.3, -0.25) is 4.79 Å². The van der Waals surface area contributed by atoms with E-state index in [1.165, 1.54) is 11.3 Å². The molecule has 2 rings (SSSR count). The Morgan fingerprint density at radius 2 is 2.14 bits per heavy atom. The van der Waals surface area contributed by atoms with Crippen LogP contribution in [0.2, 0.25) is 0 Å². The standard InChI is InChI=1S/C18H28N2O/c1-4-6-11-20(14(3)5-2)18(21)12-15-13-19-17-10-8-7-9-16(15)17/h7-10,14-15,19H,4-6,11-13H2,1-3H3. The van der Waals surface area contributed by atoms with Crippen LogP contribution in [0.15, 0.2) is 24.3 Å². The second kappa shape index (κ2) is 7.48. The van der Waals surface area contributed by atoms with Gasteiger partial charge in [0.1, 0.15) is 0 Å². The maximum absolute atomic E-state index is 12.7. The van der Waals surface area contributed by atoms with Crippen molar-refractivity contribution in [3.05, 3.63) is 29.8 Å². The van der Waals surface area contributed by atoms with Crippen LogP contribution in [-0.2, 0) is 4.79 Å². The van der Waals surface area contributed by atoms with E-state index in [9.17, 15) is 4.79 Å². The van der Waals surface area contributed by atoms with Gasteiger partial charge in [-0.15, -0.1) is 0 Å². The molecule has 0 saturated carbocycles. The fraction of sp³-hybridized carbons (Fsp3) is 0.611. The van der Waals surface area contributed by atoms with E-state index in [4.69, 9.17) is 0 Å². The summed E-state index contributed by atoms with van der Waals surface area (Å²) in [6.07, 6.45) is 3.87. The highest BCUT2D eigenvalue weighted by Crippen LogP contribution is 2.33. The minimum absolute atomic E-state index is 0.307. The van der Waals surface area contributed by atoms with Gasteiger partial charge in [-0.2, -0.15) is 0 Å². The van der Waals surface area contributed by atoms with Gasteiger partial charge < -0.3 is 10.2 Å². The number of nitrogens with zero attached hydrogens (tertiary/aromatic N) is 1. The summed E-state index contributed by atoms with van der Waals surface area (Å²) >= 11 is 0. The van der Waals surface area contributed by atoms with Crippen molar-refractivity contribution in [1.29, 1.82) is 0 Å². The van der Waals surface area contributed by atoms with Crippen LogP contribution in [0, 0.1) is 0 Å². The number of carbonyl (C=O) groups excluding carboxylic acids is 1. The van der Waals surface area contributed by atoms with E-state index in [1.807, 2.05) is 6.07 Å². The van der Waals surface area contributed by atoms with E-state index in [-0.39, 0.29) is 0 Å². The zero-order chi connectivity index (χ0) is 15.2. The van der Waals surface area contributed by atoms with Crippen molar-refractivity contribution in [1.82, 2.24) is 4.90 Å². The molecule has 0 spiro atoms. The molecule has 0 aliphatic carbocycles. The molecule has 0 fully saturated rings. The number of hydrogen-bond donors (Lipinski definition) is 1. The number of hydrogen-bond acceptors (Lipinski definition) is 2. The van der Waals surface area contributed by atoms with Gasteiger partial charge in [0.2, 0.25) is 5.91 Å². The number of benzene rings is 1. The molecule has 2 atom stereocenters. The maximum atomic E-state index is 12.7. The molecular weight excluding hydrogens is 260 g/mol. The summed E-state index contributed by atoms with van der Waals surface area (Å²) in [6, 6.07) is 8.69. The molecule has 1 heterocycles. The maximum Gasteiger partial charge on any atom is 0.223 e. The van der Waals surface area contributed by atoms with Crippen LogP contribution >= 0.6 is 0 Å². The number of para-hydroxylation sites is 1. The fourth-order valence-corrected chi connectivity index (χ4v) is 3.01. The van der Waals surface area contributed by atoms with Gasteiger partial charge >= 0.3 is 0 Å². The molecule has 1 N–H and O–H groups in total. The van der Waals surface area contributed by atoms with Crippen LogP contribution in [0.4, 0.5) is 5.69 Å². The highest BCUT2D eigenvalue weighted by atomic mass is 16.2. The van der Waals surface area contributed by atoms with Crippen molar-refractivity contribution in [2.24, 2.45) is 0 Å². The lowest BCUT2D eigenvalue weighted by atomic mass is 9.97. The van der Waals surface area contributed by atoms with E-state index < -0.39 is 0 Å². The molecule has 2 unspecified atom stereocenters. The first-order chi connectivity index (χ1) is 10.2. The van der Waals surface area contributed by atoms with E-state index in [1.54, 1.807) is 0 Å². The predicted molar refractivity (Wildman–Crippen MR) is 88.7 cm³/mol. The molecule has 3 heteroatoms. The largest absolute Gasteiger partial charge is 0.384 e. The Hall–Kier alpha value is -1.51. The summed E-state index contributed by atoms with van der Waals surface area (Å²) in [5.74, 6) is 0.628. The molecule has 1 aliphatic heterocycles. The lowest BCUT2D eigenvalue weighted by molar-refractivity contribution is -0.133. The average molecular weight is 288 g/mol. The molecule has 0 aromatic heterocycles. The van der Waals surface area contributed by atoms with Crippen LogP contribution in [-0.4, -0.2) is 29.9 Å². The van der Waals surface area contributed by atoms with Crippen LogP contribution in [0.25, 0.3) is 0 Å². The zero-order valence-corrected chi connectivity index (χ0v) is 13.6. The smallest absolute Gasteiger partial charge is 0.223 e. The predicted octanol–water partition coefficient (Wildman–Crippen LogP) is 4.01. The van der Waals surface area contributed by atoms with E-state index >= 15 is 0 Å². The molecular formula is C18H28N2O. The average Bonchev–Trinajstić information content (AvgIpc) is 2.90. The molecule has 3 nitrogen and oxygen atoms in total. The molecule has 21 heavy (non-hydrogen) atoms. The summed E-state index contributed by atoms with van der Waals surface area (Å²) in [6.45, 7) is 8.27. The molecule has 0 saturated heterocycles. The highest BCUT2D eigenvalue weighted by molar-refractivity contribution is 5.78. The monoisotopic (exact) mass is 288 g/mol. The Labute approximate surface area is 128 Å². The first kappa shape index (κ1) is 15.9. The quantitative estimate of drug-likeness (QED) is 0.822. The van der Waals surface area contributed by atoms with Gasteiger partial charge in [-0.25, -0.2) is 0 Å². The molecule has 1 aromatic carbocycles. The van der Waals surface area contributed by atoms with Gasteiger partial charge in [0.25, 0.3) is 0 Å². The molecule has 116 valence electrons. The zero-order valence-electron chi connectivity index (χ0n) is 13.6. The van der Waals surface area contributed by atoms with Crippen molar-refractivity contribution in [2.45, 2.75) is 58.4 Å². The van der Waals surface area contributed by atoms with Crippen LogP contribution in [0.1, 0.15) is 57.9 Å². The number of fused-ring (bicyclic) bond motifs is 1.